The van der Waals surface area contributed by atoms with Crippen LogP contribution in [0.2, 0.25) is 0 Å². The number of aromatic nitrogens is 4. The Labute approximate surface area is 205 Å². The number of fused-ring (bicyclic) bond motifs is 1. The molecule has 2 aliphatic rings. The predicted octanol–water partition coefficient (Wildman–Crippen LogP) is 3.02. The van der Waals surface area contributed by atoms with E-state index in [1.165, 1.54) is 12.0 Å². The van der Waals surface area contributed by atoms with Crippen molar-refractivity contribution in [3.05, 3.63) is 30.6 Å². The van der Waals surface area contributed by atoms with Gasteiger partial charge in [-0.15, -0.1) is 0 Å². The lowest BCUT2D eigenvalue weighted by molar-refractivity contribution is -0.135. The number of carbonyl (C=O) groups is 1. The molecule has 10 nitrogen and oxygen atoms in total. The number of H-pyrrole nitrogens is 1. The van der Waals surface area contributed by atoms with E-state index in [0.717, 1.165) is 75.9 Å². The van der Waals surface area contributed by atoms with E-state index in [-0.39, 0.29) is 11.8 Å². The van der Waals surface area contributed by atoms with Crippen molar-refractivity contribution in [3.8, 4) is 0 Å². The van der Waals surface area contributed by atoms with Crippen LogP contribution in [0.5, 0.6) is 0 Å². The van der Waals surface area contributed by atoms with Crippen molar-refractivity contribution in [1.29, 1.82) is 0 Å². The number of hydrogen-bond donors (Lipinski definition) is 2. The van der Waals surface area contributed by atoms with Gasteiger partial charge >= 0.3 is 0 Å². The number of nitrogens with one attached hydrogen (secondary N) is 2. The molecule has 1 amide bonds. The number of morpholine rings is 1. The van der Waals surface area contributed by atoms with Crippen molar-refractivity contribution >= 4 is 40.2 Å². The molecule has 4 heterocycles. The van der Waals surface area contributed by atoms with Crippen molar-refractivity contribution in [3.63, 3.8) is 0 Å². The Morgan fingerprint density at radius 2 is 1.89 bits per heavy atom. The maximum atomic E-state index is 12.9. The van der Waals surface area contributed by atoms with Crippen LogP contribution >= 0.6 is 0 Å². The molecule has 2 fully saturated rings. The average Bonchev–Trinajstić information content (AvgIpc) is 3.36. The minimum atomic E-state index is -0.00878. The number of benzene rings is 1. The Balaban J connectivity index is 1.31. The van der Waals surface area contributed by atoms with E-state index in [1.54, 1.807) is 0 Å². The third kappa shape index (κ3) is 5.02. The van der Waals surface area contributed by atoms with Crippen LogP contribution in [0.4, 0.5) is 23.1 Å². The number of amides is 1. The summed E-state index contributed by atoms with van der Waals surface area (Å²) < 4.78 is 5.45. The molecule has 1 aromatic carbocycles. The molecule has 2 aliphatic heterocycles. The van der Waals surface area contributed by atoms with Crippen molar-refractivity contribution < 1.29 is 9.53 Å². The standard InChI is InChI=1S/C25H34N8O2/c1-3-31(4-2)24(34)18-6-5-11-33(16-18)25-29-21-22(26-17-27-23(21)30-25)28-19-7-9-20(10-8-19)32-12-14-35-15-13-32/h7-10,17-18H,3-6,11-16H2,1-2H3,(H2,26,27,28,29,30). The van der Waals surface area contributed by atoms with Crippen LogP contribution in [-0.4, -0.2) is 83.2 Å². The number of nitrogens with zero attached hydrogens (tertiary/aromatic N) is 6. The second kappa shape index (κ2) is 10.5. The number of anilines is 4. The van der Waals surface area contributed by atoms with Gasteiger partial charge in [0.05, 0.1) is 19.1 Å². The molecule has 1 unspecified atom stereocenters. The molecular formula is C25H34N8O2. The average molecular weight is 479 g/mol. The van der Waals surface area contributed by atoms with Gasteiger partial charge in [-0.05, 0) is 51.0 Å². The highest BCUT2D eigenvalue weighted by atomic mass is 16.5. The van der Waals surface area contributed by atoms with Crippen molar-refractivity contribution in [2.24, 2.45) is 5.92 Å². The largest absolute Gasteiger partial charge is 0.378 e. The lowest BCUT2D eigenvalue weighted by Crippen LogP contribution is -2.45. The van der Waals surface area contributed by atoms with Crippen molar-refractivity contribution in [2.75, 3.05) is 67.6 Å². The van der Waals surface area contributed by atoms with Crippen LogP contribution < -0.4 is 15.1 Å². The Kier molecular flexibility index (Phi) is 6.98. The highest BCUT2D eigenvalue weighted by molar-refractivity contribution is 5.87. The van der Waals surface area contributed by atoms with E-state index in [0.29, 0.717) is 18.0 Å². The minimum absolute atomic E-state index is 0.00878. The monoisotopic (exact) mass is 478 g/mol. The SMILES string of the molecule is CCN(CC)C(=O)C1CCCN(c2nc3ncnc(Nc4ccc(N5CCOCC5)cc4)c3[nH]2)C1. The molecule has 2 N–H and O–H groups in total. The van der Waals surface area contributed by atoms with Gasteiger partial charge in [-0.25, -0.2) is 9.97 Å². The molecule has 0 bridgehead atoms. The highest BCUT2D eigenvalue weighted by Crippen LogP contribution is 2.28. The molecule has 186 valence electrons. The van der Waals surface area contributed by atoms with Crippen LogP contribution in [0.3, 0.4) is 0 Å². The molecule has 0 spiro atoms. The summed E-state index contributed by atoms with van der Waals surface area (Å²) in [6.07, 6.45) is 3.40. The fraction of sp³-hybridized carbons (Fsp3) is 0.520. The summed E-state index contributed by atoms with van der Waals surface area (Å²) >= 11 is 0. The first-order valence-corrected chi connectivity index (χ1v) is 12.6. The molecule has 5 rings (SSSR count). The zero-order chi connectivity index (χ0) is 24.2. The molecule has 3 aromatic rings. The van der Waals surface area contributed by atoms with Crippen LogP contribution in [0.25, 0.3) is 11.2 Å². The molecule has 1 atom stereocenters. The van der Waals surface area contributed by atoms with Crippen LogP contribution in [0.15, 0.2) is 30.6 Å². The van der Waals surface area contributed by atoms with Crippen LogP contribution in [0, 0.1) is 5.92 Å². The summed E-state index contributed by atoms with van der Waals surface area (Å²) in [6, 6.07) is 8.35. The summed E-state index contributed by atoms with van der Waals surface area (Å²) in [5.74, 6) is 1.65. The first kappa shape index (κ1) is 23.3. The summed E-state index contributed by atoms with van der Waals surface area (Å²) in [4.78, 5) is 36.3. The number of piperidine rings is 1. The maximum absolute atomic E-state index is 12.9. The molecule has 2 saturated heterocycles. The van der Waals surface area contributed by atoms with E-state index in [9.17, 15) is 4.79 Å². The Hall–Kier alpha value is -3.40. The lowest BCUT2D eigenvalue weighted by atomic mass is 9.96. The topological polar surface area (TPSA) is 103 Å². The second-order valence-electron chi connectivity index (χ2n) is 9.05. The summed E-state index contributed by atoms with van der Waals surface area (Å²) in [7, 11) is 0. The molecule has 0 saturated carbocycles. The van der Waals surface area contributed by atoms with E-state index in [1.807, 2.05) is 18.7 Å². The summed E-state index contributed by atoms with van der Waals surface area (Å²) in [5.41, 5.74) is 3.51. The van der Waals surface area contributed by atoms with Gasteiger partial charge < -0.3 is 29.7 Å². The fourth-order valence-electron chi connectivity index (χ4n) is 4.94. The van der Waals surface area contributed by atoms with Gasteiger partial charge in [-0.1, -0.05) is 0 Å². The number of hydrogen-bond acceptors (Lipinski definition) is 8. The quantitative estimate of drug-likeness (QED) is 0.534. The first-order valence-electron chi connectivity index (χ1n) is 12.6. The minimum Gasteiger partial charge on any atom is -0.378 e. The number of imidazole rings is 1. The van der Waals surface area contributed by atoms with E-state index >= 15 is 0 Å². The highest BCUT2D eigenvalue weighted by Gasteiger charge is 2.30. The summed E-state index contributed by atoms with van der Waals surface area (Å²) in [5, 5.41) is 3.41. The Bertz CT molecular complexity index is 1140. The fourth-order valence-corrected chi connectivity index (χ4v) is 4.94. The van der Waals surface area contributed by atoms with Crippen molar-refractivity contribution in [2.45, 2.75) is 26.7 Å². The van der Waals surface area contributed by atoms with Gasteiger partial charge in [-0.2, -0.15) is 4.98 Å². The lowest BCUT2D eigenvalue weighted by Gasteiger charge is -2.34. The van der Waals surface area contributed by atoms with Crippen LogP contribution in [0.1, 0.15) is 26.7 Å². The van der Waals surface area contributed by atoms with Gasteiger partial charge in [0.2, 0.25) is 11.9 Å². The Morgan fingerprint density at radius 3 is 2.63 bits per heavy atom. The molecule has 0 radical (unpaired) electrons. The zero-order valence-corrected chi connectivity index (χ0v) is 20.5. The number of rotatable bonds is 7. The smallest absolute Gasteiger partial charge is 0.227 e. The Morgan fingerprint density at radius 1 is 1.11 bits per heavy atom. The third-order valence-corrected chi connectivity index (χ3v) is 6.93. The summed E-state index contributed by atoms with van der Waals surface area (Å²) in [6.45, 7) is 10.4. The van der Waals surface area contributed by atoms with Gasteiger partial charge in [0.15, 0.2) is 11.5 Å². The second-order valence-corrected chi connectivity index (χ2v) is 9.05. The van der Waals surface area contributed by atoms with Gasteiger partial charge in [0.25, 0.3) is 0 Å². The van der Waals surface area contributed by atoms with E-state index in [2.05, 4.69) is 54.3 Å². The van der Waals surface area contributed by atoms with Gasteiger partial charge in [0, 0.05) is 50.6 Å². The number of carbonyl (C=O) groups excluding carboxylic acids is 1. The van der Waals surface area contributed by atoms with E-state index in [4.69, 9.17) is 9.72 Å². The van der Waals surface area contributed by atoms with Crippen LogP contribution in [-0.2, 0) is 9.53 Å². The van der Waals surface area contributed by atoms with Crippen molar-refractivity contribution in [1.82, 2.24) is 24.8 Å². The van der Waals surface area contributed by atoms with Gasteiger partial charge in [-0.3, -0.25) is 4.79 Å². The first-order chi connectivity index (χ1) is 17.2. The maximum Gasteiger partial charge on any atom is 0.227 e. The normalized spacial score (nSPS) is 18.6. The third-order valence-electron chi connectivity index (χ3n) is 6.93. The van der Waals surface area contributed by atoms with E-state index < -0.39 is 0 Å². The molecule has 35 heavy (non-hydrogen) atoms. The molecule has 0 aliphatic carbocycles. The number of ether oxygens (including phenoxy) is 1. The van der Waals surface area contributed by atoms with Gasteiger partial charge in [0.1, 0.15) is 11.8 Å². The zero-order valence-electron chi connectivity index (χ0n) is 20.5. The molecule has 2 aromatic heterocycles. The molecular weight excluding hydrogens is 444 g/mol. The molecule has 10 heteroatoms. The number of aromatic amines is 1. The predicted molar refractivity (Wildman–Crippen MR) is 137 cm³/mol.